The van der Waals surface area contributed by atoms with Crippen molar-refractivity contribution in [2.45, 2.75) is 6.54 Å². The van der Waals surface area contributed by atoms with Crippen molar-refractivity contribution in [2.24, 2.45) is 5.73 Å². The highest BCUT2D eigenvalue weighted by Gasteiger charge is 1.98. The van der Waals surface area contributed by atoms with Crippen LogP contribution in [0.4, 0.5) is 0 Å². The van der Waals surface area contributed by atoms with Crippen LogP contribution < -0.4 is 5.73 Å². The highest BCUT2D eigenvalue weighted by Crippen LogP contribution is 1.91. The number of amides is 1. The summed E-state index contributed by atoms with van der Waals surface area (Å²) in [7, 11) is 0. The Labute approximate surface area is 62.8 Å². The zero-order valence-electron chi connectivity index (χ0n) is 5.73. The van der Waals surface area contributed by atoms with Gasteiger partial charge in [0.15, 0.2) is 6.29 Å². The Hall–Kier alpha value is -1.65. The molecule has 0 aliphatic rings. The van der Waals surface area contributed by atoms with Gasteiger partial charge in [0.2, 0.25) is 5.91 Å². The zero-order chi connectivity index (χ0) is 8.27. The van der Waals surface area contributed by atoms with E-state index in [1.165, 1.54) is 17.1 Å². The first-order valence-corrected chi connectivity index (χ1v) is 2.98. The van der Waals surface area contributed by atoms with Gasteiger partial charge >= 0.3 is 0 Å². The predicted octanol–water partition coefficient (Wildman–Crippen LogP) is -0.819. The van der Waals surface area contributed by atoms with E-state index in [9.17, 15) is 9.59 Å². The highest BCUT2D eigenvalue weighted by atomic mass is 16.1. The summed E-state index contributed by atoms with van der Waals surface area (Å²) in [5, 5.41) is 3.71. The van der Waals surface area contributed by atoms with Crippen molar-refractivity contribution >= 4 is 12.2 Å². The van der Waals surface area contributed by atoms with Crippen LogP contribution in [0.1, 0.15) is 10.4 Å². The molecule has 0 radical (unpaired) electrons. The number of hydrogen-bond acceptors (Lipinski definition) is 3. The lowest BCUT2D eigenvalue weighted by Gasteiger charge is -1.92. The molecule has 1 rings (SSSR count). The van der Waals surface area contributed by atoms with Crippen LogP contribution >= 0.6 is 0 Å². The van der Waals surface area contributed by atoms with Crippen molar-refractivity contribution in [2.75, 3.05) is 0 Å². The Kier molecular flexibility index (Phi) is 2.00. The lowest BCUT2D eigenvalue weighted by atomic mass is 10.4. The average molecular weight is 153 g/mol. The zero-order valence-corrected chi connectivity index (χ0v) is 5.73. The molecule has 0 aromatic carbocycles. The second-order valence-corrected chi connectivity index (χ2v) is 2.06. The molecule has 0 unspecified atom stereocenters. The van der Waals surface area contributed by atoms with Crippen LogP contribution in [0.5, 0.6) is 0 Å². The summed E-state index contributed by atoms with van der Waals surface area (Å²) >= 11 is 0. The van der Waals surface area contributed by atoms with E-state index in [0.717, 1.165) is 0 Å². The molecular weight excluding hydrogens is 146 g/mol. The summed E-state index contributed by atoms with van der Waals surface area (Å²) in [6.07, 6.45) is 3.48. The van der Waals surface area contributed by atoms with Crippen molar-refractivity contribution in [3.8, 4) is 0 Å². The van der Waals surface area contributed by atoms with Crippen molar-refractivity contribution < 1.29 is 9.59 Å². The molecule has 1 aromatic heterocycles. The molecule has 1 aromatic rings. The highest BCUT2D eigenvalue weighted by molar-refractivity contribution is 5.75. The van der Waals surface area contributed by atoms with E-state index in [0.29, 0.717) is 11.8 Å². The summed E-state index contributed by atoms with van der Waals surface area (Å²) in [4.78, 5) is 20.5. The lowest BCUT2D eigenvalue weighted by molar-refractivity contribution is -0.118. The summed E-state index contributed by atoms with van der Waals surface area (Å²) in [6.45, 7) is 0.00778. The molecule has 0 bridgehead atoms. The topological polar surface area (TPSA) is 78.0 Å². The monoisotopic (exact) mass is 153 g/mol. The van der Waals surface area contributed by atoms with Gasteiger partial charge in [0.25, 0.3) is 0 Å². The van der Waals surface area contributed by atoms with Crippen molar-refractivity contribution in [1.29, 1.82) is 0 Å². The van der Waals surface area contributed by atoms with Gasteiger partial charge in [-0.05, 0) is 0 Å². The molecule has 2 N–H and O–H groups in total. The molecule has 5 nitrogen and oxygen atoms in total. The minimum atomic E-state index is -0.481. The van der Waals surface area contributed by atoms with Crippen molar-refractivity contribution in [3.63, 3.8) is 0 Å². The number of primary amides is 1. The average Bonchev–Trinajstić information content (AvgIpc) is 2.34. The third-order valence-corrected chi connectivity index (χ3v) is 1.11. The minimum Gasteiger partial charge on any atom is -0.368 e. The van der Waals surface area contributed by atoms with E-state index in [2.05, 4.69) is 5.10 Å². The lowest BCUT2D eigenvalue weighted by Crippen LogP contribution is -2.18. The number of nitrogens with zero attached hydrogens (tertiary/aromatic N) is 2. The maximum Gasteiger partial charge on any atom is 0.239 e. The normalized spacial score (nSPS) is 9.45. The van der Waals surface area contributed by atoms with Crippen LogP contribution in [-0.4, -0.2) is 22.0 Å². The van der Waals surface area contributed by atoms with Gasteiger partial charge < -0.3 is 5.73 Å². The van der Waals surface area contributed by atoms with Gasteiger partial charge in [-0.3, -0.25) is 14.3 Å². The van der Waals surface area contributed by atoms with Crippen LogP contribution in [0.15, 0.2) is 12.4 Å². The predicted molar refractivity (Wildman–Crippen MR) is 36.8 cm³/mol. The Morgan fingerprint density at radius 2 is 2.55 bits per heavy atom. The second kappa shape index (κ2) is 2.96. The second-order valence-electron chi connectivity index (χ2n) is 2.06. The molecule has 0 aliphatic heterocycles. The van der Waals surface area contributed by atoms with Gasteiger partial charge in [0, 0.05) is 6.20 Å². The van der Waals surface area contributed by atoms with E-state index in [1.54, 1.807) is 0 Å². The number of carbonyl (C=O) groups is 2. The molecule has 0 fully saturated rings. The smallest absolute Gasteiger partial charge is 0.239 e. The largest absolute Gasteiger partial charge is 0.368 e. The number of carbonyl (C=O) groups excluding carboxylic acids is 2. The van der Waals surface area contributed by atoms with E-state index >= 15 is 0 Å². The van der Waals surface area contributed by atoms with Crippen LogP contribution in [0.2, 0.25) is 0 Å². The van der Waals surface area contributed by atoms with E-state index in [-0.39, 0.29) is 6.54 Å². The summed E-state index contributed by atoms with van der Waals surface area (Å²) in [6, 6.07) is 0. The van der Waals surface area contributed by atoms with Gasteiger partial charge in [0.1, 0.15) is 6.54 Å². The van der Waals surface area contributed by atoms with Crippen molar-refractivity contribution in [1.82, 2.24) is 9.78 Å². The fourth-order valence-corrected chi connectivity index (χ4v) is 0.687. The van der Waals surface area contributed by atoms with E-state index in [4.69, 9.17) is 5.73 Å². The minimum absolute atomic E-state index is 0.00778. The quantitative estimate of drug-likeness (QED) is 0.576. The maximum absolute atomic E-state index is 10.3. The number of hydrogen-bond donors (Lipinski definition) is 1. The summed E-state index contributed by atoms with van der Waals surface area (Å²) in [5.74, 6) is -0.481. The summed E-state index contributed by atoms with van der Waals surface area (Å²) < 4.78 is 1.31. The molecule has 1 heterocycles. The molecule has 0 saturated carbocycles. The van der Waals surface area contributed by atoms with Crippen LogP contribution in [-0.2, 0) is 11.3 Å². The van der Waals surface area contributed by atoms with Crippen LogP contribution in [0.25, 0.3) is 0 Å². The molecule has 5 heteroatoms. The first kappa shape index (κ1) is 7.46. The number of nitrogens with two attached hydrogens (primary N) is 1. The molecule has 0 spiro atoms. The molecule has 11 heavy (non-hydrogen) atoms. The molecule has 0 saturated heterocycles. The SMILES string of the molecule is NC(=O)Cn1cc(C=O)cn1. The van der Waals surface area contributed by atoms with Crippen molar-refractivity contribution in [3.05, 3.63) is 18.0 Å². The molecule has 58 valence electrons. The van der Waals surface area contributed by atoms with Crippen LogP contribution in [0, 0.1) is 0 Å². The Morgan fingerprint density at radius 3 is 3.00 bits per heavy atom. The third-order valence-electron chi connectivity index (χ3n) is 1.11. The summed E-state index contributed by atoms with van der Waals surface area (Å²) in [5.41, 5.74) is 5.32. The molecule has 0 atom stereocenters. The van der Waals surface area contributed by atoms with Gasteiger partial charge in [-0.15, -0.1) is 0 Å². The van der Waals surface area contributed by atoms with Gasteiger partial charge in [-0.1, -0.05) is 0 Å². The Morgan fingerprint density at radius 1 is 1.82 bits per heavy atom. The molecule has 1 amide bonds. The number of aldehydes is 1. The Balaban J connectivity index is 2.72. The first-order valence-electron chi connectivity index (χ1n) is 2.98. The molecular formula is C6H7N3O2. The first-order chi connectivity index (χ1) is 5.22. The standard InChI is InChI=1S/C6H7N3O2/c7-6(11)3-9-2-5(4-10)1-8-9/h1-2,4H,3H2,(H2,7,11). The van der Waals surface area contributed by atoms with Gasteiger partial charge in [-0.25, -0.2) is 0 Å². The number of aromatic nitrogens is 2. The van der Waals surface area contributed by atoms with Crippen LogP contribution in [0.3, 0.4) is 0 Å². The fourth-order valence-electron chi connectivity index (χ4n) is 0.687. The third kappa shape index (κ3) is 1.89. The van der Waals surface area contributed by atoms with Gasteiger partial charge in [-0.2, -0.15) is 5.10 Å². The maximum atomic E-state index is 10.3. The number of rotatable bonds is 3. The van der Waals surface area contributed by atoms with E-state index in [1.807, 2.05) is 0 Å². The van der Waals surface area contributed by atoms with E-state index < -0.39 is 5.91 Å². The molecule has 0 aliphatic carbocycles. The van der Waals surface area contributed by atoms with Gasteiger partial charge in [0.05, 0.1) is 11.8 Å². The fraction of sp³-hybridized carbons (Fsp3) is 0.167. The Bertz CT molecular complexity index is 279.